The molecule has 1 aromatic carbocycles. The maximum atomic E-state index is 12.6. The van der Waals surface area contributed by atoms with Crippen molar-refractivity contribution in [2.75, 3.05) is 25.1 Å². The van der Waals surface area contributed by atoms with Gasteiger partial charge in [-0.2, -0.15) is 0 Å². The largest absolute Gasteiger partial charge is 0.396 e. The number of benzene rings is 1. The summed E-state index contributed by atoms with van der Waals surface area (Å²) < 4.78 is 1.38. The van der Waals surface area contributed by atoms with Crippen molar-refractivity contribution in [3.05, 3.63) is 21.8 Å². The van der Waals surface area contributed by atoms with Crippen molar-refractivity contribution >= 4 is 85.3 Å². The molecule has 9 nitrogen and oxygen atoms in total. The summed E-state index contributed by atoms with van der Waals surface area (Å²) in [7, 11) is 0. The molecule has 0 aromatic heterocycles. The van der Waals surface area contributed by atoms with Crippen LogP contribution in [0.3, 0.4) is 0 Å². The third kappa shape index (κ3) is 6.58. The second kappa shape index (κ2) is 12.0. The molecule has 27 heavy (non-hydrogen) atoms. The molecular weight excluding hydrogens is 701 g/mol. The number of aliphatic hydroxyl groups is 5. The van der Waals surface area contributed by atoms with E-state index in [1.165, 1.54) is 0 Å². The standard InChI is InChI=1S/C15H19I3N2O7/c16-10-7(5-23)11(17)13(20-14(26)8(25)1-2-21)12(18)9(10)15(27)19-3-6(24)4-22/h6,8,21-25H,1-5H2,(H,19,27)(H,20,26). The first-order valence-electron chi connectivity index (χ1n) is 7.66. The molecule has 0 spiro atoms. The molecule has 1 rings (SSSR count). The first-order valence-corrected chi connectivity index (χ1v) is 10.9. The van der Waals surface area contributed by atoms with Crippen LogP contribution in [0.25, 0.3) is 0 Å². The van der Waals surface area contributed by atoms with Crippen molar-refractivity contribution in [3.8, 4) is 0 Å². The van der Waals surface area contributed by atoms with Crippen LogP contribution >= 0.6 is 67.8 Å². The molecule has 2 unspecified atom stereocenters. The Kier molecular flexibility index (Phi) is 11.2. The zero-order chi connectivity index (χ0) is 20.7. The topological polar surface area (TPSA) is 159 Å². The van der Waals surface area contributed by atoms with E-state index in [2.05, 4.69) is 10.6 Å². The number of nitrogens with one attached hydrogen (secondary N) is 2. The van der Waals surface area contributed by atoms with Gasteiger partial charge in [-0.3, -0.25) is 9.59 Å². The van der Waals surface area contributed by atoms with Gasteiger partial charge in [0.05, 0.1) is 34.1 Å². The van der Waals surface area contributed by atoms with Crippen molar-refractivity contribution in [2.24, 2.45) is 0 Å². The fourth-order valence-corrected chi connectivity index (χ4v) is 6.25. The van der Waals surface area contributed by atoms with Gasteiger partial charge in [0.25, 0.3) is 11.8 Å². The van der Waals surface area contributed by atoms with Crippen molar-refractivity contribution in [2.45, 2.75) is 25.2 Å². The molecule has 2 amide bonds. The van der Waals surface area contributed by atoms with Gasteiger partial charge in [-0.1, -0.05) is 0 Å². The number of carbonyl (C=O) groups excluding carboxylic acids is 2. The van der Waals surface area contributed by atoms with E-state index in [4.69, 9.17) is 10.2 Å². The highest BCUT2D eigenvalue weighted by Gasteiger charge is 2.26. The van der Waals surface area contributed by atoms with Crippen LogP contribution in [0.15, 0.2) is 0 Å². The Morgan fingerprint density at radius 1 is 1.00 bits per heavy atom. The van der Waals surface area contributed by atoms with Gasteiger partial charge in [-0.05, 0) is 67.8 Å². The molecule has 2 atom stereocenters. The van der Waals surface area contributed by atoms with Crippen LogP contribution in [0.5, 0.6) is 0 Å². The van der Waals surface area contributed by atoms with Crippen molar-refractivity contribution in [1.29, 1.82) is 0 Å². The number of hydrogen-bond acceptors (Lipinski definition) is 7. The Balaban J connectivity index is 3.32. The van der Waals surface area contributed by atoms with E-state index in [9.17, 15) is 24.9 Å². The van der Waals surface area contributed by atoms with Crippen molar-refractivity contribution < 1.29 is 35.1 Å². The Bertz CT molecular complexity index is 703. The van der Waals surface area contributed by atoms with E-state index >= 15 is 0 Å². The van der Waals surface area contributed by atoms with Crippen LogP contribution in [0.1, 0.15) is 22.3 Å². The predicted octanol–water partition coefficient (Wildman–Crippen LogP) is -0.242. The average Bonchev–Trinajstić information content (AvgIpc) is 2.63. The minimum absolute atomic E-state index is 0.136. The fourth-order valence-electron chi connectivity index (χ4n) is 1.99. The number of aliphatic hydroxyl groups excluding tert-OH is 5. The molecule has 0 aliphatic rings. The van der Waals surface area contributed by atoms with E-state index in [0.717, 1.165) is 0 Å². The Morgan fingerprint density at radius 2 is 1.63 bits per heavy atom. The SMILES string of the molecule is O=C(NCC(O)CO)c1c(I)c(CO)c(I)c(NC(=O)C(O)CCO)c1I. The Hall–Kier alpha value is 0.150. The van der Waals surface area contributed by atoms with Crippen LogP contribution < -0.4 is 10.6 Å². The summed E-state index contributed by atoms with van der Waals surface area (Å²) in [6.45, 7) is -1.42. The van der Waals surface area contributed by atoms with Crippen LogP contribution in [-0.2, 0) is 11.4 Å². The molecule has 7 N–H and O–H groups in total. The van der Waals surface area contributed by atoms with E-state index < -0.39 is 30.6 Å². The Morgan fingerprint density at radius 3 is 2.15 bits per heavy atom. The van der Waals surface area contributed by atoms with Gasteiger partial charge in [0, 0.05) is 32.3 Å². The highest BCUT2D eigenvalue weighted by molar-refractivity contribution is 14.1. The predicted molar refractivity (Wildman–Crippen MR) is 122 cm³/mol. The molecule has 0 aliphatic heterocycles. The third-order valence-electron chi connectivity index (χ3n) is 3.46. The number of halogens is 3. The second-order valence-electron chi connectivity index (χ2n) is 5.39. The summed E-state index contributed by atoms with van der Waals surface area (Å²) in [5.41, 5.74) is 0.879. The molecule has 0 heterocycles. The number of hydrogen-bond donors (Lipinski definition) is 7. The number of amides is 2. The van der Waals surface area contributed by atoms with Gasteiger partial charge in [0.15, 0.2) is 0 Å². The quantitative estimate of drug-likeness (QED) is 0.174. The van der Waals surface area contributed by atoms with Gasteiger partial charge in [-0.15, -0.1) is 0 Å². The molecule has 0 saturated heterocycles. The van der Waals surface area contributed by atoms with Gasteiger partial charge in [-0.25, -0.2) is 0 Å². The van der Waals surface area contributed by atoms with Crippen molar-refractivity contribution in [3.63, 3.8) is 0 Å². The van der Waals surface area contributed by atoms with Crippen LogP contribution in [-0.4, -0.2) is 69.3 Å². The molecular formula is C15H19I3N2O7. The number of carbonyl (C=O) groups is 2. The lowest BCUT2D eigenvalue weighted by atomic mass is 10.1. The first-order chi connectivity index (χ1) is 12.7. The molecule has 12 heteroatoms. The Labute approximate surface area is 196 Å². The molecule has 0 saturated carbocycles. The summed E-state index contributed by atoms with van der Waals surface area (Å²) in [6.07, 6.45) is -2.67. The van der Waals surface area contributed by atoms with E-state index in [1.807, 2.05) is 67.8 Å². The fraction of sp³-hybridized carbons (Fsp3) is 0.467. The third-order valence-corrected chi connectivity index (χ3v) is 6.92. The van der Waals surface area contributed by atoms with Crippen LogP contribution in [0, 0.1) is 10.7 Å². The molecule has 1 aromatic rings. The van der Waals surface area contributed by atoms with Gasteiger partial charge in [0.2, 0.25) is 0 Å². The summed E-state index contributed by atoms with van der Waals surface area (Å²) in [5.74, 6) is -1.29. The van der Waals surface area contributed by atoms with Crippen LogP contribution in [0.2, 0.25) is 0 Å². The summed E-state index contributed by atoms with van der Waals surface area (Å²) >= 11 is 5.72. The first kappa shape index (κ1) is 25.2. The zero-order valence-corrected chi connectivity index (χ0v) is 20.3. The van der Waals surface area contributed by atoms with Gasteiger partial charge < -0.3 is 36.2 Å². The summed E-state index contributed by atoms with van der Waals surface area (Å²) in [4.78, 5) is 24.7. The lowest BCUT2D eigenvalue weighted by molar-refractivity contribution is -0.124. The van der Waals surface area contributed by atoms with E-state index in [0.29, 0.717) is 16.3 Å². The number of anilines is 1. The minimum Gasteiger partial charge on any atom is -0.396 e. The highest BCUT2D eigenvalue weighted by atomic mass is 127. The maximum Gasteiger partial charge on any atom is 0.253 e. The lowest BCUT2D eigenvalue weighted by Gasteiger charge is -2.20. The summed E-state index contributed by atoms with van der Waals surface area (Å²) in [6, 6.07) is 0. The normalized spacial score (nSPS) is 13.2. The smallest absolute Gasteiger partial charge is 0.253 e. The molecule has 0 bridgehead atoms. The number of rotatable bonds is 9. The lowest BCUT2D eigenvalue weighted by Crippen LogP contribution is -2.35. The van der Waals surface area contributed by atoms with E-state index in [-0.39, 0.29) is 37.4 Å². The second-order valence-corrected chi connectivity index (χ2v) is 8.63. The van der Waals surface area contributed by atoms with E-state index in [1.54, 1.807) is 0 Å². The van der Waals surface area contributed by atoms with Crippen molar-refractivity contribution in [1.82, 2.24) is 5.32 Å². The molecule has 152 valence electrons. The molecule has 0 fully saturated rings. The molecule has 0 aliphatic carbocycles. The van der Waals surface area contributed by atoms with Crippen LogP contribution in [0.4, 0.5) is 5.69 Å². The van der Waals surface area contributed by atoms with Gasteiger partial charge in [0.1, 0.15) is 6.10 Å². The average molecular weight is 720 g/mol. The molecule has 0 radical (unpaired) electrons. The maximum absolute atomic E-state index is 12.6. The highest BCUT2D eigenvalue weighted by Crippen LogP contribution is 2.35. The minimum atomic E-state index is -1.42. The van der Waals surface area contributed by atoms with Gasteiger partial charge >= 0.3 is 0 Å². The monoisotopic (exact) mass is 720 g/mol. The summed E-state index contributed by atoms with van der Waals surface area (Å²) in [5, 5.41) is 51.6. The zero-order valence-electron chi connectivity index (χ0n) is 13.9.